The van der Waals surface area contributed by atoms with Crippen LogP contribution in [0.2, 0.25) is 10.0 Å². The standard InChI is InChI=1S/C13H11Cl2NO4/c1-2-20-10(17)3-4-16-11-8(12(18)13(16)19)5-7(14)6-9(11)15/h5-6H,2-4H2,1H3. The molecule has 106 valence electrons. The van der Waals surface area contributed by atoms with Crippen LogP contribution in [0.15, 0.2) is 12.1 Å². The molecule has 1 heterocycles. The highest BCUT2D eigenvalue weighted by molar-refractivity contribution is 6.54. The number of hydrogen-bond acceptors (Lipinski definition) is 4. The normalized spacial score (nSPS) is 13.7. The van der Waals surface area contributed by atoms with Crippen molar-refractivity contribution in [1.82, 2.24) is 0 Å². The van der Waals surface area contributed by atoms with Gasteiger partial charge in [0, 0.05) is 11.6 Å². The van der Waals surface area contributed by atoms with E-state index in [1.54, 1.807) is 6.92 Å². The Morgan fingerprint density at radius 3 is 2.65 bits per heavy atom. The fraction of sp³-hybridized carbons (Fsp3) is 0.308. The van der Waals surface area contributed by atoms with Crippen molar-refractivity contribution in [2.24, 2.45) is 0 Å². The molecule has 0 aromatic heterocycles. The zero-order valence-corrected chi connectivity index (χ0v) is 12.1. The first-order chi connectivity index (χ1) is 9.45. The van der Waals surface area contributed by atoms with Crippen molar-refractivity contribution < 1.29 is 19.1 Å². The van der Waals surface area contributed by atoms with E-state index in [-0.39, 0.29) is 35.2 Å². The summed E-state index contributed by atoms with van der Waals surface area (Å²) in [5.74, 6) is -1.83. The fourth-order valence-corrected chi connectivity index (χ4v) is 2.60. The van der Waals surface area contributed by atoms with Gasteiger partial charge in [-0.1, -0.05) is 23.2 Å². The van der Waals surface area contributed by atoms with Gasteiger partial charge in [0.25, 0.3) is 11.7 Å². The van der Waals surface area contributed by atoms with Crippen LogP contribution in [0.5, 0.6) is 0 Å². The topological polar surface area (TPSA) is 63.7 Å². The SMILES string of the molecule is CCOC(=O)CCN1C(=O)C(=O)c2cc(Cl)cc(Cl)c21. The molecule has 0 bridgehead atoms. The lowest BCUT2D eigenvalue weighted by atomic mass is 10.1. The monoisotopic (exact) mass is 315 g/mol. The van der Waals surface area contributed by atoms with Gasteiger partial charge in [0.05, 0.1) is 29.3 Å². The average Bonchev–Trinajstić information content (AvgIpc) is 2.61. The summed E-state index contributed by atoms with van der Waals surface area (Å²) >= 11 is 11.8. The molecule has 0 fully saturated rings. The molecule has 1 amide bonds. The minimum atomic E-state index is -0.714. The van der Waals surface area contributed by atoms with Crippen molar-refractivity contribution in [3.05, 3.63) is 27.7 Å². The Balaban J connectivity index is 2.27. The number of nitrogens with zero attached hydrogens (tertiary/aromatic N) is 1. The number of rotatable bonds is 4. The highest BCUT2D eigenvalue weighted by atomic mass is 35.5. The fourth-order valence-electron chi connectivity index (χ4n) is 2.00. The third-order valence-electron chi connectivity index (χ3n) is 2.83. The second-order valence-corrected chi connectivity index (χ2v) is 4.97. The van der Waals surface area contributed by atoms with E-state index in [0.717, 1.165) is 0 Å². The van der Waals surface area contributed by atoms with E-state index in [2.05, 4.69) is 0 Å². The average molecular weight is 316 g/mol. The summed E-state index contributed by atoms with van der Waals surface area (Å²) in [6.07, 6.45) is -0.00868. The Morgan fingerprint density at radius 1 is 1.30 bits per heavy atom. The number of anilines is 1. The van der Waals surface area contributed by atoms with Crippen LogP contribution in [0.4, 0.5) is 5.69 Å². The van der Waals surface area contributed by atoms with E-state index in [0.29, 0.717) is 5.69 Å². The second kappa shape index (κ2) is 5.81. The third-order valence-corrected chi connectivity index (χ3v) is 3.33. The van der Waals surface area contributed by atoms with Crippen LogP contribution in [0.1, 0.15) is 23.7 Å². The largest absolute Gasteiger partial charge is 0.466 e. The molecule has 0 spiro atoms. The lowest BCUT2D eigenvalue weighted by Crippen LogP contribution is -2.32. The van der Waals surface area contributed by atoms with Gasteiger partial charge in [-0.2, -0.15) is 0 Å². The van der Waals surface area contributed by atoms with Crippen LogP contribution >= 0.6 is 23.2 Å². The molecule has 5 nitrogen and oxygen atoms in total. The van der Waals surface area contributed by atoms with Crippen LogP contribution < -0.4 is 4.90 Å². The number of Topliss-reactive ketones (excluding diaryl/α,β-unsaturated/α-hetero) is 1. The zero-order valence-electron chi connectivity index (χ0n) is 10.6. The Morgan fingerprint density at radius 2 is 2.00 bits per heavy atom. The van der Waals surface area contributed by atoms with E-state index in [4.69, 9.17) is 27.9 Å². The lowest BCUT2D eigenvalue weighted by molar-refractivity contribution is -0.142. The molecule has 2 rings (SSSR count). The number of carbonyl (C=O) groups excluding carboxylic acids is 3. The molecule has 0 N–H and O–H groups in total. The minimum absolute atomic E-state index is 0.00868. The summed E-state index contributed by atoms with van der Waals surface area (Å²) in [5, 5.41) is 0.484. The molecule has 1 aromatic rings. The van der Waals surface area contributed by atoms with Crippen molar-refractivity contribution in [2.75, 3.05) is 18.1 Å². The maximum absolute atomic E-state index is 11.9. The van der Waals surface area contributed by atoms with Gasteiger partial charge in [0.1, 0.15) is 0 Å². The maximum atomic E-state index is 11.9. The van der Waals surface area contributed by atoms with E-state index in [9.17, 15) is 14.4 Å². The molecule has 0 unspecified atom stereocenters. The van der Waals surface area contributed by atoms with Crippen LogP contribution in [0, 0.1) is 0 Å². The first-order valence-corrected chi connectivity index (χ1v) is 6.72. The molecule has 1 aromatic carbocycles. The second-order valence-electron chi connectivity index (χ2n) is 4.12. The summed E-state index contributed by atoms with van der Waals surface area (Å²) < 4.78 is 4.79. The molecular formula is C13H11Cl2NO4. The van der Waals surface area contributed by atoms with E-state index in [1.165, 1.54) is 17.0 Å². The predicted molar refractivity (Wildman–Crippen MR) is 74.4 cm³/mol. The molecule has 0 saturated carbocycles. The van der Waals surface area contributed by atoms with Crippen molar-refractivity contribution in [3.8, 4) is 0 Å². The molecule has 1 aliphatic heterocycles. The molecule has 0 saturated heterocycles. The van der Waals surface area contributed by atoms with Crippen LogP contribution in [-0.2, 0) is 14.3 Å². The van der Waals surface area contributed by atoms with Crippen LogP contribution in [-0.4, -0.2) is 30.8 Å². The van der Waals surface area contributed by atoms with Gasteiger partial charge in [-0.15, -0.1) is 0 Å². The number of benzene rings is 1. The van der Waals surface area contributed by atoms with Gasteiger partial charge >= 0.3 is 5.97 Å². The van der Waals surface area contributed by atoms with Crippen molar-refractivity contribution in [2.45, 2.75) is 13.3 Å². The Bertz CT molecular complexity index is 600. The van der Waals surface area contributed by atoms with Gasteiger partial charge in [0.15, 0.2) is 0 Å². The number of esters is 1. The Kier molecular flexibility index (Phi) is 4.30. The number of ketones is 1. The molecule has 1 aliphatic rings. The molecule has 20 heavy (non-hydrogen) atoms. The maximum Gasteiger partial charge on any atom is 0.307 e. The van der Waals surface area contributed by atoms with Gasteiger partial charge in [-0.05, 0) is 19.1 Å². The first kappa shape index (κ1) is 14.8. The van der Waals surface area contributed by atoms with E-state index in [1.807, 2.05) is 0 Å². The number of halogens is 2. The smallest absolute Gasteiger partial charge is 0.307 e. The highest BCUT2D eigenvalue weighted by Crippen LogP contribution is 2.38. The van der Waals surface area contributed by atoms with Crippen molar-refractivity contribution in [3.63, 3.8) is 0 Å². The number of ether oxygens (including phenoxy) is 1. The van der Waals surface area contributed by atoms with Crippen LogP contribution in [0.25, 0.3) is 0 Å². The summed E-state index contributed by atoms with van der Waals surface area (Å²) in [6.45, 7) is 1.99. The van der Waals surface area contributed by atoms with E-state index < -0.39 is 17.7 Å². The first-order valence-electron chi connectivity index (χ1n) is 5.96. The molecular weight excluding hydrogens is 305 g/mol. The van der Waals surface area contributed by atoms with E-state index >= 15 is 0 Å². The van der Waals surface area contributed by atoms with Crippen molar-refractivity contribution >= 4 is 46.5 Å². The van der Waals surface area contributed by atoms with Gasteiger partial charge in [-0.25, -0.2) is 0 Å². The molecule has 0 atom stereocenters. The summed E-state index contributed by atoms with van der Waals surface area (Å²) in [6, 6.07) is 2.85. The summed E-state index contributed by atoms with van der Waals surface area (Å²) in [7, 11) is 0. The molecule has 7 heteroatoms. The summed E-state index contributed by atoms with van der Waals surface area (Å²) in [5.41, 5.74) is 0.465. The Hall–Kier alpha value is -1.59. The number of hydrogen-bond donors (Lipinski definition) is 0. The Labute approximate surface area is 125 Å². The number of amides is 1. The van der Waals surface area contributed by atoms with Crippen LogP contribution in [0.3, 0.4) is 0 Å². The minimum Gasteiger partial charge on any atom is -0.466 e. The number of carbonyl (C=O) groups is 3. The van der Waals surface area contributed by atoms with Gasteiger partial charge in [-0.3, -0.25) is 14.4 Å². The zero-order chi connectivity index (χ0) is 14.9. The number of fused-ring (bicyclic) bond motifs is 1. The highest BCUT2D eigenvalue weighted by Gasteiger charge is 2.37. The van der Waals surface area contributed by atoms with Gasteiger partial charge < -0.3 is 9.64 Å². The quantitative estimate of drug-likeness (QED) is 0.632. The molecule has 0 radical (unpaired) electrons. The third kappa shape index (κ3) is 2.64. The lowest BCUT2D eigenvalue weighted by Gasteiger charge is -2.17. The summed E-state index contributed by atoms with van der Waals surface area (Å²) in [4.78, 5) is 36.3. The molecule has 0 aliphatic carbocycles. The van der Waals surface area contributed by atoms with Crippen molar-refractivity contribution in [1.29, 1.82) is 0 Å². The predicted octanol–water partition coefficient (Wildman–Crippen LogP) is 2.48. The van der Waals surface area contributed by atoms with Gasteiger partial charge in [0.2, 0.25) is 0 Å².